The van der Waals surface area contributed by atoms with Gasteiger partial charge in [-0.3, -0.25) is 19.5 Å². The van der Waals surface area contributed by atoms with Crippen molar-refractivity contribution < 1.29 is 14.3 Å². The highest BCUT2D eigenvalue weighted by atomic mass is 16.5. The van der Waals surface area contributed by atoms with Crippen molar-refractivity contribution in [1.29, 1.82) is 0 Å². The molecule has 7 nitrogen and oxygen atoms in total. The van der Waals surface area contributed by atoms with Crippen LogP contribution in [0.5, 0.6) is 0 Å². The van der Waals surface area contributed by atoms with Gasteiger partial charge in [0, 0.05) is 57.6 Å². The van der Waals surface area contributed by atoms with E-state index in [4.69, 9.17) is 4.74 Å². The summed E-state index contributed by atoms with van der Waals surface area (Å²) in [6, 6.07) is 5.88. The molecule has 1 aromatic rings. The Morgan fingerprint density at radius 1 is 1.26 bits per heavy atom. The van der Waals surface area contributed by atoms with Crippen molar-refractivity contribution in [2.24, 2.45) is 5.92 Å². The van der Waals surface area contributed by atoms with Crippen molar-refractivity contribution in [2.45, 2.75) is 25.7 Å². The third-order valence-electron chi connectivity index (χ3n) is 5.30. The molecular formula is C20H30N4O3. The number of piperidine rings is 1. The van der Waals surface area contributed by atoms with Crippen LogP contribution in [-0.2, 0) is 20.7 Å². The first-order valence-corrected chi connectivity index (χ1v) is 9.98. The van der Waals surface area contributed by atoms with Crippen LogP contribution >= 0.6 is 0 Å². The number of amides is 2. The molecule has 0 radical (unpaired) electrons. The maximum atomic E-state index is 12.5. The molecule has 2 saturated heterocycles. The Bertz CT molecular complexity index is 605. The lowest BCUT2D eigenvalue weighted by molar-refractivity contribution is -0.138. The van der Waals surface area contributed by atoms with Gasteiger partial charge in [0.15, 0.2) is 0 Å². The van der Waals surface area contributed by atoms with E-state index < -0.39 is 0 Å². The molecule has 0 spiro atoms. The van der Waals surface area contributed by atoms with Crippen LogP contribution in [-0.4, -0.2) is 79.1 Å². The standard InChI is InChI=1S/C20H30N4O3/c25-19-7-6-17(16-24(19)11-10-23-12-14-27-15-13-23)20(26)22-9-3-5-18-4-1-2-8-21-18/h1-2,4,8,17H,3,5-7,9-16H2,(H,22,26)/t17-/m0/s1. The molecular weight excluding hydrogens is 344 g/mol. The Balaban J connectivity index is 1.37. The molecule has 0 unspecified atom stereocenters. The van der Waals surface area contributed by atoms with Crippen molar-refractivity contribution in [1.82, 2.24) is 20.1 Å². The summed E-state index contributed by atoms with van der Waals surface area (Å²) in [5.74, 6) is 0.143. The molecule has 0 bridgehead atoms. The number of aryl methyl sites for hydroxylation is 1. The van der Waals surface area contributed by atoms with E-state index in [1.165, 1.54) is 0 Å². The second kappa shape index (κ2) is 10.4. The maximum absolute atomic E-state index is 12.5. The minimum Gasteiger partial charge on any atom is -0.379 e. The van der Waals surface area contributed by atoms with Crippen molar-refractivity contribution in [3.8, 4) is 0 Å². The number of aromatic nitrogens is 1. The van der Waals surface area contributed by atoms with Crippen LogP contribution in [0.2, 0.25) is 0 Å². The fourth-order valence-corrected chi connectivity index (χ4v) is 3.60. The molecule has 2 aliphatic rings. The molecule has 2 aliphatic heterocycles. The number of carbonyl (C=O) groups excluding carboxylic acids is 2. The number of carbonyl (C=O) groups is 2. The summed E-state index contributed by atoms with van der Waals surface area (Å²) in [4.78, 5) is 33.1. The van der Waals surface area contributed by atoms with Gasteiger partial charge in [-0.1, -0.05) is 6.07 Å². The SMILES string of the molecule is O=C(NCCCc1ccccn1)[C@H]1CCC(=O)N(CCN2CCOCC2)C1. The van der Waals surface area contributed by atoms with E-state index in [0.717, 1.165) is 51.4 Å². The first kappa shape index (κ1) is 19.8. The van der Waals surface area contributed by atoms with E-state index in [1.54, 1.807) is 6.20 Å². The average molecular weight is 374 g/mol. The summed E-state index contributed by atoms with van der Waals surface area (Å²) in [6.45, 7) is 6.10. The van der Waals surface area contributed by atoms with Gasteiger partial charge in [-0.05, 0) is 31.4 Å². The minimum atomic E-state index is -0.0951. The van der Waals surface area contributed by atoms with E-state index >= 15 is 0 Å². The first-order valence-electron chi connectivity index (χ1n) is 9.98. The van der Waals surface area contributed by atoms with Crippen LogP contribution in [0.25, 0.3) is 0 Å². The van der Waals surface area contributed by atoms with Gasteiger partial charge in [0.2, 0.25) is 11.8 Å². The van der Waals surface area contributed by atoms with Gasteiger partial charge >= 0.3 is 0 Å². The van der Waals surface area contributed by atoms with Crippen LogP contribution in [0.1, 0.15) is 25.0 Å². The van der Waals surface area contributed by atoms with Crippen molar-refractivity contribution in [2.75, 3.05) is 52.5 Å². The Morgan fingerprint density at radius 3 is 2.89 bits per heavy atom. The first-order chi connectivity index (χ1) is 13.2. The number of pyridine rings is 1. The Kier molecular flexibility index (Phi) is 7.59. The molecule has 0 aliphatic carbocycles. The van der Waals surface area contributed by atoms with Gasteiger partial charge in [-0.2, -0.15) is 0 Å². The number of morpholine rings is 1. The summed E-state index contributed by atoms with van der Waals surface area (Å²) in [6.07, 6.45) is 4.64. The summed E-state index contributed by atoms with van der Waals surface area (Å²) >= 11 is 0. The molecule has 1 aromatic heterocycles. The lowest BCUT2D eigenvalue weighted by Gasteiger charge is -2.34. The van der Waals surface area contributed by atoms with Crippen LogP contribution < -0.4 is 5.32 Å². The number of likely N-dealkylation sites (tertiary alicyclic amines) is 1. The molecule has 7 heteroatoms. The number of ether oxygens (including phenoxy) is 1. The molecule has 27 heavy (non-hydrogen) atoms. The lowest BCUT2D eigenvalue weighted by atomic mass is 9.96. The zero-order chi connectivity index (χ0) is 18.9. The quantitative estimate of drug-likeness (QED) is 0.678. The van der Waals surface area contributed by atoms with Gasteiger partial charge < -0.3 is 15.0 Å². The Labute approximate surface area is 161 Å². The molecule has 3 rings (SSSR count). The van der Waals surface area contributed by atoms with Gasteiger partial charge in [0.1, 0.15) is 0 Å². The smallest absolute Gasteiger partial charge is 0.224 e. The van der Waals surface area contributed by atoms with Gasteiger partial charge in [0.05, 0.1) is 19.1 Å². The number of rotatable bonds is 8. The van der Waals surface area contributed by atoms with Crippen LogP contribution in [0.3, 0.4) is 0 Å². The predicted molar refractivity (Wildman–Crippen MR) is 102 cm³/mol. The van der Waals surface area contributed by atoms with E-state index in [9.17, 15) is 9.59 Å². The van der Waals surface area contributed by atoms with Crippen LogP contribution in [0, 0.1) is 5.92 Å². The minimum absolute atomic E-state index is 0.0693. The average Bonchev–Trinajstić information content (AvgIpc) is 2.72. The highest BCUT2D eigenvalue weighted by Crippen LogP contribution is 2.18. The van der Waals surface area contributed by atoms with Gasteiger partial charge in [-0.25, -0.2) is 0 Å². The molecule has 148 valence electrons. The third kappa shape index (κ3) is 6.29. The number of hydrogen-bond acceptors (Lipinski definition) is 5. The normalized spacial score (nSPS) is 21.3. The molecule has 1 atom stereocenters. The van der Waals surface area contributed by atoms with E-state index in [-0.39, 0.29) is 17.7 Å². The number of nitrogens with zero attached hydrogens (tertiary/aromatic N) is 3. The van der Waals surface area contributed by atoms with E-state index in [1.807, 2.05) is 23.1 Å². The lowest BCUT2D eigenvalue weighted by Crippen LogP contribution is -2.49. The maximum Gasteiger partial charge on any atom is 0.224 e. The van der Waals surface area contributed by atoms with Crippen molar-refractivity contribution in [3.63, 3.8) is 0 Å². The highest BCUT2D eigenvalue weighted by Gasteiger charge is 2.30. The largest absolute Gasteiger partial charge is 0.379 e. The second-order valence-electron chi connectivity index (χ2n) is 7.25. The molecule has 2 fully saturated rings. The van der Waals surface area contributed by atoms with Crippen LogP contribution in [0.4, 0.5) is 0 Å². The summed E-state index contributed by atoms with van der Waals surface area (Å²) in [5, 5.41) is 3.03. The monoisotopic (exact) mass is 374 g/mol. The molecule has 0 aromatic carbocycles. The zero-order valence-corrected chi connectivity index (χ0v) is 15.9. The molecule has 3 heterocycles. The van der Waals surface area contributed by atoms with Crippen molar-refractivity contribution in [3.05, 3.63) is 30.1 Å². The van der Waals surface area contributed by atoms with Crippen molar-refractivity contribution >= 4 is 11.8 Å². The van der Waals surface area contributed by atoms with E-state index in [0.29, 0.717) is 32.5 Å². The summed E-state index contributed by atoms with van der Waals surface area (Å²) < 4.78 is 5.36. The zero-order valence-electron chi connectivity index (χ0n) is 15.9. The van der Waals surface area contributed by atoms with Crippen LogP contribution in [0.15, 0.2) is 24.4 Å². The van der Waals surface area contributed by atoms with Gasteiger partial charge in [0.25, 0.3) is 0 Å². The summed E-state index contributed by atoms with van der Waals surface area (Å²) in [5.41, 5.74) is 1.05. The highest BCUT2D eigenvalue weighted by molar-refractivity contribution is 5.83. The fraction of sp³-hybridized carbons (Fsp3) is 0.650. The fourth-order valence-electron chi connectivity index (χ4n) is 3.60. The Morgan fingerprint density at radius 2 is 2.11 bits per heavy atom. The number of nitrogens with one attached hydrogen (secondary N) is 1. The third-order valence-corrected chi connectivity index (χ3v) is 5.30. The molecule has 0 saturated carbocycles. The summed E-state index contributed by atoms with van der Waals surface area (Å²) in [7, 11) is 0. The predicted octanol–water partition coefficient (Wildman–Crippen LogP) is 0.701. The van der Waals surface area contributed by atoms with E-state index in [2.05, 4.69) is 15.2 Å². The number of hydrogen-bond donors (Lipinski definition) is 1. The second-order valence-corrected chi connectivity index (χ2v) is 7.25. The Hall–Kier alpha value is -1.99. The topological polar surface area (TPSA) is 74.8 Å². The molecule has 2 amide bonds. The molecule has 1 N–H and O–H groups in total. The van der Waals surface area contributed by atoms with Gasteiger partial charge in [-0.15, -0.1) is 0 Å².